The number of amides is 2. The highest BCUT2D eigenvalue weighted by Gasteiger charge is 2.45. The van der Waals surface area contributed by atoms with Crippen LogP contribution in [0.4, 0.5) is 0 Å². The summed E-state index contributed by atoms with van der Waals surface area (Å²) in [6.45, 7) is 10.9. The summed E-state index contributed by atoms with van der Waals surface area (Å²) in [5.74, 6) is -0.405. The second-order valence-corrected chi connectivity index (χ2v) is 10.3. The Bertz CT molecular complexity index is 941. The van der Waals surface area contributed by atoms with Crippen LogP contribution in [0, 0.1) is 18.3 Å². The molecular formula is C27H37N3O3. The highest BCUT2D eigenvalue weighted by Crippen LogP contribution is 2.42. The van der Waals surface area contributed by atoms with Crippen molar-refractivity contribution in [1.82, 2.24) is 15.2 Å². The molecule has 1 aliphatic heterocycles. The molecule has 1 unspecified atom stereocenters. The van der Waals surface area contributed by atoms with Crippen molar-refractivity contribution in [3.63, 3.8) is 0 Å². The molecule has 0 radical (unpaired) electrons. The number of aliphatic hydroxyl groups excluding tert-OH is 1. The van der Waals surface area contributed by atoms with Gasteiger partial charge in [0.05, 0.1) is 6.10 Å². The normalized spacial score (nSPS) is 21.0. The first-order valence-corrected chi connectivity index (χ1v) is 11.8. The van der Waals surface area contributed by atoms with Crippen molar-refractivity contribution in [3.8, 4) is 0 Å². The SMILES string of the molecule is Cc1ccc([C@H]2C(O)CN(C(=O)[C@H](NC(=O)CCc3cccnc3)C(C)C)CC2(C)C)cc1. The predicted octanol–water partition coefficient (Wildman–Crippen LogP) is 3.48. The number of rotatable bonds is 7. The van der Waals surface area contributed by atoms with Crippen molar-refractivity contribution in [2.24, 2.45) is 11.3 Å². The lowest BCUT2D eigenvalue weighted by Gasteiger charge is -2.48. The number of pyridine rings is 1. The molecule has 3 atom stereocenters. The van der Waals surface area contributed by atoms with E-state index in [1.807, 2.05) is 32.9 Å². The molecule has 0 bridgehead atoms. The second kappa shape index (κ2) is 10.5. The molecule has 1 saturated heterocycles. The van der Waals surface area contributed by atoms with Gasteiger partial charge in [0.1, 0.15) is 6.04 Å². The first kappa shape index (κ1) is 24.9. The molecule has 1 fully saturated rings. The highest BCUT2D eigenvalue weighted by atomic mass is 16.3. The molecule has 0 spiro atoms. The number of aromatic nitrogens is 1. The van der Waals surface area contributed by atoms with E-state index in [0.717, 1.165) is 11.1 Å². The zero-order chi connectivity index (χ0) is 24.2. The van der Waals surface area contributed by atoms with E-state index in [2.05, 4.69) is 48.4 Å². The summed E-state index contributed by atoms with van der Waals surface area (Å²) < 4.78 is 0. The Balaban J connectivity index is 1.67. The number of hydrogen-bond acceptors (Lipinski definition) is 4. The molecule has 6 heteroatoms. The average molecular weight is 452 g/mol. The van der Waals surface area contributed by atoms with E-state index < -0.39 is 12.1 Å². The van der Waals surface area contributed by atoms with Crippen LogP contribution >= 0.6 is 0 Å². The number of likely N-dealkylation sites (tertiary alicyclic amines) is 1. The number of piperidine rings is 1. The molecule has 1 aliphatic rings. The number of nitrogens with one attached hydrogen (secondary N) is 1. The molecule has 3 rings (SSSR count). The topological polar surface area (TPSA) is 82.5 Å². The standard InChI is InChI=1S/C27H37N3O3/c1-18(2)25(29-23(32)13-10-20-7-6-14-28-15-20)26(33)30-16-22(31)24(27(4,5)17-30)21-11-8-19(3)9-12-21/h6-9,11-12,14-15,18,22,24-25,31H,10,13,16-17H2,1-5H3,(H,29,32)/t22?,24-,25+/m0/s1. The number of carbonyl (C=O) groups excluding carboxylic acids is 2. The first-order valence-electron chi connectivity index (χ1n) is 11.8. The Morgan fingerprint density at radius 1 is 1.21 bits per heavy atom. The van der Waals surface area contributed by atoms with Crippen LogP contribution in [0.1, 0.15) is 56.7 Å². The summed E-state index contributed by atoms with van der Waals surface area (Å²) in [6.07, 6.45) is 3.65. The fourth-order valence-corrected chi connectivity index (χ4v) is 4.88. The molecule has 2 amide bonds. The lowest BCUT2D eigenvalue weighted by atomic mass is 9.69. The van der Waals surface area contributed by atoms with E-state index in [9.17, 15) is 14.7 Å². The Hall–Kier alpha value is -2.73. The minimum Gasteiger partial charge on any atom is -0.391 e. The lowest BCUT2D eigenvalue weighted by Crippen LogP contribution is -2.59. The number of benzene rings is 1. The van der Waals surface area contributed by atoms with E-state index in [4.69, 9.17) is 0 Å². The summed E-state index contributed by atoms with van der Waals surface area (Å²) in [5.41, 5.74) is 2.95. The predicted molar refractivity (Wildman–Crippen MR) is 130 cm³/mol. The van der Waals surface area contributed by atoms with Crippen molar-refractivity contribution in [3.05, 3.63) is 65.5 Å². The highest BCUT2D eigenvalue weighted by molar-refractivity contribution is 5.88. The van der Waals surface area contributed by atoms with E-state index in [0.29, 0.717) is 19.4 Å². The second-order valence-electron chi connectivity index (χ2n) is 10.3. The maximum Gasteiger partial charge on any atom is 0.245 e. The van der Waals surface area contributed by atoms with Gasteiger partial charge in [0.25, 0.3) is 0 Å². The van der Waals surface area contributed by atoms with Crippen molar-refractivity contribution >= 4 is 11.8 Å². The van der Waals surface area contributed by atoms with Gasteiger partial charge in [0, 0.05) is 37.8 Å². The van der Waals surface area contributed by atoms with Gasteiger partial charge in [-0.3, -0.25) is 14.6 Å². The molecule has 178 valence electrons. The summed E-state index contributed by atoms with van der Waals surface area (Å²) >= 11 is 0. The summed E-state index contributed by atoms with van der Waals surface area (Å²) in [7, 11) is 0. The van der Waals surface area contributed by atoms with E-state index in [-0.39, 0.29) is 35.6 Å². The third kappa shape index (κ3) is 6.20. The van der Waals surface area contributed by atoms with Crippen LogP contribution in [-0.2, 0) is 16.0 Å². The van der Waals surface area contributed by atoms with Crippen LogP contribution in [0.25, 0.3) is 0 Å². The zero-order valence-corrected chi connectivity index (χ0v) is 20.4. The number of aryl methyl sites for hydroxylation is 2. The first-order chi connectivity index (χ1) is 15.6. The monoisotopic (exact) mass is 451 g/mol. The molecule has 0 aliphatic carbocycles. The molecule has 1 aromatic carbocycles. The molecular weight excluding hydrogens is 414 g/mol. The molecule has 33 heavy (non-hydrogen) atoms. The van der Waals surface area contributed by atoms with Crippen molar-refractivity contribution in [2.75, 3.05) is 13.1 Å². The Morgan fingerprint density at radius 2 is 1.91 bits per heavy atom. The Kier molecular flexibility index (Phi) is 7.90. The third-order valence-electron chi connectivity index (χ3n) is 6.59. The van der Waals surface area contributed by atoms with Crippen LogP contribution in [-0.4, -0.2) is 52.0 Å². The van der Waals surface area contributed by atoms with E-state index >= 15 is 0 Å². The number of nitrogens with zero attached hydrogens (tertiary/aromatic N) is 2. The van der Waals surface area contributed by atoms with Crippen LogP contribution in [0.5, 0.6) is 0 Å². The summed E-state index contributed by atoms with van der Waals surface area (Å²) in [6, 6.07) is 11.4. The maximum absolute atomic E-state index is 13.5. The third-order valence-corrected chi connectivity index (χ3v) is 6.59. The van der Waals surface area contributed by atoms with Gasteiger partial charge >= 0.3 is 0 Å². The van der Waals surface area contributed by atoms with Gasteiger partial charge in [-0.15, -0.1) is 0 Å². The van der Waals surface area contributed by atoms with Crippen LogP contribution in [0.2, 0.25) is 0 Å². The minimum absolute atomic E-state index is 0.0603. The van der Waals surface area contributed by atoms with Crippen LogP contribution in [0.15, 0.2) is 48.8 Å². The summed E-state index contributed by atoms with van der Waals surface area (Å²) in [5, 5.41) is 14.0. The zero-order valence-electron chi connectivity index (χ0n) is 20.4. The van der Waals surface area contributed by atoms with Crippen molar-refractivity contribution < 1.29 is 14.7 Å². The minimum atomic E-state index is -0.672. The number of aliphatic hydroxyl groups is 1. The smallest absolute Gasteiger partial charge is 0.245 e. The molecule has 2 heterocycles. The molecule has 1 aromatic heterocycles. The van der Waals surface area contributed by atoms with E-state index in [1.165, 1.54) is 5.56 Å². The molecule has 0 saturated carbocycles. The van der Waals surface area contributed by atoms with Crippen LogP contribution < -0.4 is 5.32 Å². The molecule has 2 aromatic rings. The van der Waals surface area contributed by atoms with Crippen molar-refractivity contribution in [1.29, 1.82) is 0 Å². The van der Waals surface area contributed by atoms with Crippen LogP contribution in [0.3, 0.4) is 0 Å². The number of carbonyl (C=O) groups is 2. The lowest BCUT2D eigenvalue weighted by molar-refractivity contribution is -0.144. The average Bonchev–Trinajstić information content (AvgIpc) is 2.76. The fraction of sp³-hybridized carbons (Fsp3) is 0.519. The molecule has 2 N–H and O–H groups in total. The van der Waals surface area contributed by atoms with Gasteiger partial charge in [0.15, 0.2) is 0 Å². The number of β-amino-alcohol motifs (C(OH)–C–C–N with tert-alkyl or cyclic N) is 1. The van der Waals surface area contributed by atoms with E-state index in [1.54, 1.807) is 17.3 Å². The van der Waals surface area contributed by atoms with Crippen molar-refractivity contribution in [2.45, 2.75) is 65.5 Å². The fourth-order valence-electron chi connectivity index (χ4n) is 4.88. The largest absolute Gasteiger partial charge is 0.391 e. The van der Waals surface area contributed by atoms with Gasteiger partial charge in [0.2, 0.25) is 11.8 Å². The van der Waals surface area contributed by atoms with Gasteiger partial charge in [-0.25, -0.2) is 0 Å². The van der Waals surface area contributed by atoms with Gasteiger partial charge in [-0.2, -0.15) is 0 Å². The Labute approximate surface area is 197 Å². The summed E-state index contributed by atoms with van der Waals surface area (Å²) in [4.78, 5) is 31.9. The van der Waals surface area contributed by atoms with Gasteiger partial charge in [-0.1, -0.05) is 63.6 Å². The van der Waals surface area contributed by atoms with Gasteiger partial charge < -0.3 is 15.3 Å². The Morgan fingerprint density at radius 3 is 2.48 bits per heavy atom. The number of hydrogen-bond donors (Lipinski definition) is 2. The molecule has 6 nitrogen and oxygen atoms in total. The maximum atomic E-state index is 13.5. The quantitative estimate of drug-likeness (QED) is 0.675. The van der Waals surface area contributed by atoms with Gasteiger partial charge in [-0.05, 0) is 41.9 Å².